The van der Waals surface area contributed by atoms with Gasteiger partial charge in [0.2, 0.25) is 11.9 Å². The fourth-order valence-electron chi connectivity index (χ4n) is 2.85. The molecule has 0 bridgehead atoms. The molecule has 0 unspecified atom stereocenters. The maximum atomic E-state index is 12.3. The Hall–Kier alpha value is -2.57. The predicted molar refractivity (Wildman–Crippen MR) is 94.2 cm³/mol. The van der Waals surface area contributed by atoms with Crippen LogP contribution in [0.15, 0.2) is 30.6 Å². The van der Waals surface area contributed by atoms with Gasteiger partial charge >= 0.3 is 0 Å². The number of aromatic nitrogens is 3. The van der Waals surface area contributed by atoms with E-state index in [0.717, 1.165) is 37.1 Å². The van der Waals surface area contributed by atoms with E-state index in [0.29, 0.717) is 19.6 Å². The number of anilines is 2. The maximum absolute atomic E-state index is 12.3. The van der Waals surface area contributed by atoms with Gasteiger partial charge in [0, 0.05) is 56.9 Å². The second-order valence-electron chi connectivity index (χ2n) is 5.95. The minimum atomic E-state index is 0.157. The molecule has 3 rings (SSSR count). The van der Waals surface area contributed by atoms with Crippen LogP contribution in [-0.2, 0) is 11.3 Å². The monoisotopic (exact) mass is 328 g/mol. The van der Waals surface area contributed by atoms with Crippen LogP contribution in [0.4, 0.5) is 11.8 Å². The van der Waals surface area contributed by atoms with Gasteiger partial charge < -0.3 is 19.7 Å². The highest BCUT2D eigenvalue weighted by Gasteiger charge is 2.23. The molecule has 1 saturated heterocycles. The van der Waals surface area contributed by atoms with Gasteiger partial charge in [0.25, 0.3) is 0 Å². The van der Waals surface area contributed by atoms with Crippen LogP contribution in [0, 0.1) is 6.92 Å². The lowest BCUT2D eigenvalue weighted by Gasteiger charge is -2.35. The van der Waals surface area contributed by atoms with Crippen molar-refractivity contribution in [1.29, 1.82) is 0 Å². The van der Waals surface area contributed by atoms with Crippen molar-refractivity contribution >= 4 is 17.7 Å². The van der Waals surface area contributed by atoms with Crippen molar-refractivity contribution in [2.24, 2.45) is 0 Å². The number of amides is 1. The Morgan fingerprint density at radius 2 is 1.88 bits per heavy atom. The van der Waals surface area contributed by atoms with Crippen LogP contribution in [-0.4, -0.2) is 58.1 Å². The van der Waals surface area contributed by atoms with Gasteiger partial charge in [0.05, 0.1) is 0 Å². The lowest BCUT2D eigenvalue weighted by molar-refractivity contribution is -0.132. The molecular formula is C17H24N6O. The quantitative estimate of drug-likeness (QED) is 0.898. The van der Waals surface area contributed by atoms with E-state index >= 15 is 0 Å². The van der Waals surface area contributed by atoms with Crippen molar-refractivity contribution in [1.82, 2.24) is 19.4 Å². The molecule has 1 aliphatic heterocycles. The first-order chi connectivity index (χ1) is 11.7. The number of carbonyl (C=O) groups excluding carboxylic acids is 1. The summed E-state index contributed by atoms with van der Waals surface area (Å²) in [6.07, 6.45) is 3.83. The average Bonchev–Trinajstić information content (AvgIpc) is 3.08. The van der Waals surface area contributed by atoms with E-state index in [2.05, 4.69) is 20.2 Å². The molecule has 24 heavy (non-hydrogen) atoms. The molecule has 1 N–H and O–H groups in total. The molecule has 1 amide bonds. The molecule has 1 aliphatic rings. The third-order valence-corrected chi connectivity index (χ3v) is 4.10. The molecule has 128 valence electrons. The third kappa shape index (κ3) is 3.84. The number of hydrogen-bond donors (Lipinski definition) is 1. The molecule has 0 aliphatic carbocycles. The van der Waals surface area contributed by atoms with Gasteiger partial charge in [-0.25, -0.2) is 4.98 Å². The highest BCUT2D eigenvalue weighted by Crippen LogP contribution is 2.16. The number of nitrogens with zero attached hydrogens (tertiary/aromatic N) is 5. The predicted octanol–water partition coefficient (Wildman–Crippen LogP) is 1.37. The van der Waals surface area contributed by atoms with Crippen LogP contribution in [0.3, 0.4) is 0 Å². The smallest absolute Gasteiger partial charge is 0.242 e. The lowest BCUT2D eigenvalue weighted by atomic mass is 10.3. The van der Waals surface area contributed by atoms with Crippen LogP contribution in [0.1, 0.15) is 12.6 Å². The van der Waals surface area contributed by atoms with Crippen LogP contribution >= 0.6 is 0 Å². The van der Waals surface area contributed by atoms with Crippen molar-refractivity contribution in [2.75, 3.05) is 42.9 Å². The van der Waals surface area contributed by atoms with Crippen LogP contribution in [0.2, 0.25) is 0 Å². The van der Waals surface area contributed by atoms with E-state index < -0.39 is 0 Å². The van der Waals surface area contributed by atoms with Crippen LogP contribution in [0.25, 0.3) is 0 Å². The van der Waals surface area contributed by atoms with Crippen LogP contribution < -0.4 is 10.2 Å². The zero-order valence-electron chi connectivity index (χ0n) is 14.3. The van der Waals surface area contributed by atoms with Gasteiger partial charge in [-0.05, 0) is 26.0 Å². The number of nitrogens with one attached hydrogen (secondary N) is 1. The molecule has 7 nitrogen and oxygen atoms in total. The SMILES string of the molecule is CCNc1cc(C)nc(N2CCN(C(=O)Cn3cccc3)CC2)n1. The Bertz CT molecular complexity index is 676. The molecule has 2 aromatic rings. The number of aryl methyl sites for hydroxylation is 1. The minimum absolute atomic E-state index is 0.157. The number of hydrogen-bond acceptors (Lipinski definition) is 5. The topological polar surface area (TPSA) is 66.3 Å². The van der Waals surface area contributed by atoms with Crippen molar-refractivity contribution in [2.45, 2.75) is 20.4 Å². The van der Waals surface area contributed by atoms with E-state index in [-0.39, 0.29) is 5.91 Å². The van der Waals surface area contributed by atoms with Gasteiger partial charge in [0.1, 0.15) is 12.4 Å². The summed E-state index contributed by atoms with van der Waals surface area (Å²) < 4.78 is 1.90. The molecular weight excluding hydrogens is 304 g/mol. The third-order valence-electron chi connectivity index (χ3n) is 4.10. The Morgan fingerprint density at radius 3 is 2.54 bits per heavy atom. The van der Waals surface area contributed by atoms with Gasteiger partial charge in [0.15, 0.2) is 0 Å². The minimum Gasteiger partial charge on any atom is -0.370 e. The second kappa shape index (κ2) is 7.33. The largest absolute Gasteiger partial charge is 0.370 e. The first kappa shape index (κ1) is 16.3. The first-order valence-electron chi connectivity index (χ1n) is 8.38. The summed E-state index contributed by atoms with van der Waals surface area (Å²) in [5, 5.41) is 3.23. The summed E-state index contributed by atoms with van der Waals surface area (Å²) in [6.45, 7) is 8.17. The van der Waals surface area contributed by atoms with E-state index in [4.69, 9.17) is 0 Å². The zero-order chi connectivity index (χ0) is 16.9. The normalized spacial score (nSPS) is 14.8. The van der Waals surface area contributed by atoms with Crippen LogP contribution in [0.5, 0.6) is 0 Å². The maximum Gasteiger partial charge on any atom is 0.242 e. The van der Waals surface area contributed by atoms with Crippen molar-refractivity contribution in [3.63, 3.8) is 0 Å². The van der Waals surface area contributed by atoms with Gasteiger partial charge in [-0.15, -0.1) is 0 Å². The summed E-state index contributed by atoms with van der Waals surface area (Å²) in [4.78, 5) is 25.5. The van der Waals surface area contributed by atoms with E-state index in [9.17, 15) is 4.79 Å². The Labute approximate surface area is 142 Å². The highest BCUT2D eigenvalue weighted by molar-refractivity contribution is 5.76. The van der Waals surface area contributed by atoms with E-state index in [1.54, 1.807) is 0 Å². The standard InChI is InChI=1S/C17H24N6O/c1-3-18-15-12-14(2)19-17(20-15)23-10-8-22(9-11-23)16(24)13-21-6-4-5-7-21/h4-7,12H,3,8-11,13H2,1-2H3,(H,18,19,20). The van der Waals surface area contributed by atoms with Crippen molar-refractivity contribution < 1.29 is 4.79 Å². The Morgan fingerprint density at radius 1 is 1.17 bits per heavy atom. The average molecular weight is 328 g/mol. The summed E-state index contributed by atoms with van der Waals surface area (Å²) in [5.74, 6) is 1.75. The van der Waals surface area contributed by atoms with Crippen molar-refractivity contribution in [3.8, 4) is 0 Å². The summed E-state index contributed by atoms with van der Waals surface area (Å²) in [7, 11) is 0. The van der Waals surface area contributed by atoms with E-state index in [1.165, 1.54) is 0 Å². The zero-order valence-corrected chi connectivity index (χ0v) is 14.3. The fraction of sp³-hybridized carbons (Fsp3) is 0.471. The van der Waals surface area contributed by atoms with Gasteiger partial charge in [-0.1, -0.05) is 0 Å². The highest BCUT2D eigenvalue weighted by atomic mass is 16.2. The van der Waals surface area contributed by atoms with E-state index in [1.807, 2.05) is 53.9 Å². The molecule has 0 spiro atoms. The number of piperazine rings is 1. The van der Waals surface area contributed by atoms with Crippen molar-refractivity contribution in [3.05, 3.63) is 36.3 Å². The number of rotatable bonds is 5. The molecule has 3 heterocycles. The first-order valence-corrected chi connectivity index (χ1v) is 8.38. The molecule has 0 radical (unpaired) electrons. The Balaban J connectivity index is 1.59. The summed E-state index contributed by atoms with van der Waals surface area (Å²) in [5.41, 5.74) is 0.946. The lowest BCUT2D eigenvalue weighted by Crippen LogP contribution is -2.50. The molecule has 2 aromatic heterocycles. The summed E-state index contributed by atoms with van der Waals surface area (Å²) in [6, 6.07) is 5.81. The summed E-state index contributed by atoms with van der Waals surface area (Å²) >= 11 is 0. The number of carbonyl (C=O) groups is 1. The molecule has 0 saturated carbocycles. The second-order valence-corrected chi connectivity index (χ2v) is 5.95. The molecule has 1 fully saturated rings. The van der Waals surface area contributed by atoms with Gasteiger partial charge in [-0.3, -0.25) is 4.79 Å². The molecule has 0 aromatic carbocycles. The van der Waals surface area contributed by atoms with Gasteiger partial charge in [-0.2, -0.15) is 4.98 Å². The molecule has 0 atom stereocenters. The Kier molecular flexibility index (Phi) is 4.98. The molecule has 7 heteroatoms. The fourth-order valence-corrected chi connectivity index (χ4v) is 2.85.